The summed E-state index contributed by atoms with van der Waals surface area (Å²) in [4.78, 5) is 14.4. The Morgan fingerprint density at radius 1 is 0.848 bits per heavy atom. The van der Waals surface area contributed by atoms with Crippen molar-refractivity contribution in [2.75, 3.05) is 19.1 Å². The van der Waals surface area contributed by atoms with Gasteiger partial charge in [-0.25, -0.2) is 17.9 Å². The van der Waals surface area contributed by atoms with E-state index in [0.29, 0.717) is 33.5 Å². The van der Waals surface area contributed by atoms with Crippen LogP contribution in [0.25, 0.3) is 6.08 Å². The van der Waals surface area contributed by atoms with Gasteiger partial charge in [-0.3, -0.25) is 4.90 Å². The highest BCUT2D eigenvalue weighted by Gasteiger charge is 2.24. The van der Waals surface area contributed by atoms with Crippen molar-refractivity contribution in [2.45, 2.75) is 6.92 Å². The smallest absolute Gasteiger partial charge is 0.340 e. The SMILES string of the molecule is COc1ccc(N(C(=O)NS(=O)(=O)C(C)=Cc2ccc(Cl)cc2)c2ccc(OC)cc2)cc1. The molecule has 3 aromatic rings. The van der Waals surface area contributed by atoms with Gasteiger partial charge >= 0.3 is 6.03 Å². The molecule has 172 valence electrons. The molecule has 0 saturated heterocycles. The average molecular weight is 487 g/mol. The first-order valence-corrected chi connectivity index (χ1v) is 11.7. The number of halogens is 1. The fourth-order valence-corrected chi connectivity index (χ4v) is 3.86. The van der Waals surface area contributed by atoms with Crippen LogP contribution in [0.3, 0.4) is 0 Å². The largest absolute Gasteiger partial charge is 0.497 e. The monoisotopic (exact) mass is 486 g/mol. The minimum atomic E-state index is -4.12. The van der Waals surface area contributed by atoms with E-state index in [-0.39, 0.29) is 4.91 Å². The molecule has 0 radical (unpaired) electrons. The first-order chi connectivity index (χ1) is 15.7. The first-order valence-electron chi connectivity index (χ1n) is 9.82. The summed E-state index contributed by atoms with van der Waals surface area (Å²) in [6.07, 6.45) is 1.46. The minimum absolute atomic E-state index is 0.0254. The van der Waals surface area contributed by atoms with Crippen molar-refractivity contribution in [3.8, 4) is 11.5 Å². The summed E-state index contributed by atoms with van der Waals surface area (Å²) in [5.41, 5.74) is 1.54. The molecule has 0 unspecified atom stereocenters. The molecule has 0 aliphatic carbocycles. The van der Waals surface area contributed by atoms with E-state index in [4.69, 9.17) is 21.1 Å². The van der Waals surface area contributed by atoms with Gasteiger partial charge in [0.25, 0.3) is 10.0 Å². The minimum Gasteiger partial charge on any atom is -0.497 e. The molecule has 0 bridgehead atoms. The van der Waals surface area contributed by atoms with Crippen LogP contribution in [-0.4, -0.2) is 28.7 Å². The number of carbonyl (C=O) groups excluding carboxylic acids is 1. The number of amides is 2. The fourth-order valence-electron chi connectivity index (χ4n) is 2.96. The maximum atomic E-state index is 13.2. The molecule has 0 aliphatic rings. The maximum Gasteiger partial charge on any atom is 0.340 e. The lowest BCUT2D eigenvalue weighted by molar-refractivity contribution is 0.253. The molecule has 3 rings (SSSR count). The van der Waals surface area contributed by atoms with E-state index in [2.05, 4.69) is 4.72 Å². The number of hydrogen-bond acceptors (Lipinski definition) is 5. The van der Waals surface area contributed by atoms with Gasteiger partial charge in [0.05, 0.1) is 30.5 Å². The summed E-state index contributed by atoms with van der Waals surface area (Å²) in [5, 5.41) is 0.538. The van der Waals surface area contributed by atoms with Gasteiger partial charge in [0.15, 0.2) is 0 Å². The van der Waals surface area contributed by atoms with Gasteiger partial charge in [-0.05, 0) is 79.2 Å². The third kappa shape index (κ3) is 6.06. The van der Waals surface area contributed by atoms with Crippen LogP contribution in [0.2, 0.25) is 5.02 Å². The Morgan fingerprint density at radius 2 is 1.30 bits per heavy atom. The van der Waals surface area contributed by atoms with Crippen molar-refractivity contribution in [2.24, 2.45) is 0 Å². The molecule has 0 aliphatic heterocycles. The van der Waals surface area contributed by atoms with Crippen molar-refractivity contribution in [3.63, 3.8) is 0 Å². The van der Waals surface area contributed by atoms with E-state index < -0.39 is 16.1 Å². The van der Waals surface area contributed by atoms with Crippen LogP contribution in [-0.2, 0) is 10.0 Å². The number of nitrogens with zero attached hydrogens (tertiary/aromatic N) is 1. The summed E-state index contributed by atoms with van der Waals surface area (Å²) in [5.74, 6) is 1.20. The lowest BCUT2D eigenvalue weighted by Crippen LogP contribution is -2.40. The quantitative estimate of drug-likeness (QED) is 0.470. The molecule has 0 fully saturated rings. The molecule has 0 saturated carbocycles. The van der Waals surface area contributed by atoms with Crippen molar-refractivity contribution in [1.29, 1.82) is 0 Å². The molecule has 7 nitrogen and oxygen atoms in total. The molecule has 3 aromatic carbocycles. The summed E-state index contributed by atoms with van der Waals surface area (Å²) in [6, 6.07) is 19.2. The molecule has 33 heavy (non-hydrogen) atoms. The standard InChI is InChI=1S/C24H23ClN2O5S/c1-17(16-18-4-6-19(25)7-5-18)33(29,30)26-24(28)27(20-8-12-22(31-2)13-9-20)21-10-14-23(32-3)15-11-21/h4-16H,1-3H3,(H,26,28). The van der Waals surface area contributed by atoms with Crippen LogP contribution < -0.4 is 19.1 Å². The number of benzene rings is 3. The fraction of sp³-hybridized carbons (Fsp3) is 0.125. The summed E-state index contributed by atoms with van der Waals surface area (Å²) in [6.45, 7) is 1.41. The Balaban J connectivity index is 1.93. The molecule has 1 N–H and O–H groups in total. The second kappa shape index (κ2) is 10.4. The number of allylic oxidation sites excluding steroid dienone is 1. The molecule has 0 spiro atoms. The Kier molecular flexibility index (Phi) is 7.63. The number of sulfonamides is 1. The normalized spacial score (nSPS) is 11.6. The van der Waals surface area contributed by atoms with Crippen molar-refractivity contribution in [1.82, 2.24) is 4.72 Å². The van der Waals surface area contributed by atoms with Gasteiger partial charge in [-0.2, -0.15) is 0 Å². The van der Waals surface area contributed by atoms with E-state index in [1.807, 2.05) is 0 Å². The van der Waals surface area contributed by atoms with E-state index in [1.54, 1.807) is 72.8 Å². The predicted molar refractivity (Wildman–Crippen MR) is 131 cm³/mol. The molecular formula is C24H23ClN2O5S. The number of nitrogens with one attached hydrogen (secondary N) is 1. The molecular weight excluding hydrogens is 464 g/mol. The zero-order valence-corrected chi connectivity index (χ0v) is 19.9. The van der Waals surface area contributed by atoms with Gasteiger partial charge in [-0.15, -0.1) is 0 Å². The highest BCUT2D eigenvalue weighted by molar-refractivity contribution is 7.94. The van der Waals surface area contributed by atoms with Crippen LogP contribution in [0.4, 0.5) is 16.2 Å². The number of carbonyl (C=O) groups is 1. The number of ether oxygens (including phenoxy) is 2. The van der Waals surface area contributed by atoms with Gasteiger partial charge < -0.3 is 9.47 Å². The Hall–Kier alpha value is -3.49. The van der Waals surface area contributed by atoms with Crippen molar-refractivity contribution in [3.05, 3.63) is 88.3 Å². The van der Waals surface area contributed by atoms with E-state index in [1.165, 1.54) is 32.1 Å². The summed E-state index contributed by atoms with van der Waals surface area (Å²) < 4.78 is 38.3. The summed E-state index contributed by atoms with van der Waals surface area (Å²) in [7, 11) is -1.05. The Labute approximate surface area is 198 Å². The average Bonchev–Trinajstić information content (AvgIpc) is 2.81. The number of rotatable bonds is 7. The highest BCUT2D eigenvalue weighted by atomic mass is 35.5. The topological polar surface area (TPSA) is 84.9 Å². The van der Waals surface area contributed by atoms with E-state index >= 15 is 0 Å². The lowest BCUT2D eigenvalue weighted by Gasteiger charge is -2.24. The van der Waals surface area contributed by atoms with Crippen LogP contribution in [0.5, 0.6) is 11.5 Å². The van der Waals surface area contributed by atoms with Gasteiger partial charge in [-0.1, -0.05) is 23.7 Å². The van der Waals surface area contributed by atoms with Gasteiger partial charge in [0.1, 0.15) is 11.5 Å². The van der Waals surface area contributed by atoms with E-state index in [0.717, 1.165) is 0 Å². The predicted octanol–water partition coefficient (Wildman–Crippen LogP) is 5.60. The van der Waals surface area contributed by atoms with Gasteiger partial charge in [0.2, 0.25) is 0 Å². The number of anilines is 2. The molecule has 0 heterocycles. The zero-order valence-electron chi connectivity index (χ0n) is 18.3. The van der Waals surface area contributed by atoms with Crippen molar-refractivity contribution < 1.29 is 22.7 Å². The van der Waals surface area contributed by atoms with Crippen LogP contribution in [0, 0.1) is 0 Å². The third-order valence-corrected chi connectivity index (χ3v) is 6.41. The van der Waals surface area contributed by atoms with Crippen molar-refractivity contribution >= 4 is 45.1 Å². The number of methoxy groups -OCH3 is 2. The third-order valence-electron chi connectivity index (χ3n) is 4.75. The van der Waals surface area contributed by atoms with Crippen LogP contribution in [0.15, 0.2) is 77.7 Å². The summed E-state index contributed by atoms with van der Waals surface area (Å²) >= 11 is 5.88. The van der Waals surface area contributed by atoms with E-state index in [9.17, 15) is 13.2 Å². The van der Waals surface area contributed by atoms with Crippen LogP contribution >= 0.6 is 11.6 Å². The molecule has 0 aromatic heterocycles. The number of hydrogen-bond donors (Lipinski definition) is 1. The van der Waals surface area contributed by atoms with Gasteiger partial charge in [0, 0.05) is 5.02 Å². The molecule has 2 amide bonds. The molecule has 9 heteroatoms. The second-order valence-electron chi connectivity index (χ2n) is 6.95. The highest BCUT2D eigenvalue weighted by Crippen LogP contribution is 2.29. The lowest BCUT2D eigenvalue weighted by atomic mass is 10.2. The molecule has 0 atom stereocenters. The maximum absolute atomic E-state index is 13.2. The second-order valence-corrected chi connectivity index (χ2v) is 9.24. The zero-order chi connectivity index (χ0) is 24.0. The van der Waals surface area contributed by atoms with Crippen LogP contribution in [0.1, 0.15) is 12.5 Å². The Morgan fingerprint density at radius 3 is 1.73 bits per heavy atom. The Bertz CT molecular complexity index is 1190. The first kappa shape index (κ1) is 24.2. The number of urea groups is 1.